The molecule has 4 heterocycles. The van der Waals surface area contributed by atoms with Gasteiger partial charge in [-0.15, -0.1) is 0 Å². The van der Waals surface area contributed by atoms with Crippen molar-refractivity contribution in [3.05, 3.63) is 188 Å². The van der Waals surface area contributed by atoms with Crippen molar-refractivity contribution >= 4 is 81.2 Å². The van der Waals surface area contributed by atoms with Crippen LogP contribution in [0.3, 0.4) is 0 Å². The average molecular weight is 939 g/mol. The molecule has 0 saturated carbocycles. The van der Waals surface area contributed by atoms with Gasteiger partial charge in [-0.1, -0.05) is 106 Å². The standard InChI is InChI=1S/2C25H22Cl2N2O3/c2*1-17-3-2-4-18(15-17)25(31)24(13-14-32-16-24)28(21-9-5-19(26)6-10-21)23(30)29(25)22-11-7-20(27)8-12-22/h2*2-12,15,31H,13-14,16H2,1H3/t24-,25+;24-,25-/m11/s1. The summed E-state index contributed by atoms with van der Waals surface area (Å²) in [6.45, 7) is 5.17. The van der Waals surface area contributed by atoms with Gasteiger partial charge in [0.15, 0.2) is 11.4 Å². The molecule has 64 heavy (non-hydrogen) atoms. The number of carbonyl (C=O) groups is 2. The lowest BCUT2D eigenvalue weighted by atomic mass is 9.79. The summed E-state index contributed by atoms with van der Waals surface area (Å²) in [7, 11) is 0. The summed E-state index contributed by atoms with van der Waals surface area (Å²) in [4.78, 5) is 34.4. The highest BCUT2D eigenvalue weighted by Crippen LogP contribution is 2.56. The number of benzene rings is 6. The molecule has 328 valence electrons. The molecule has 2 N–H and O–H groups in total. The lowest BCUT2D eigenvalue weighted by Gasteiger charge is -2.44. The van der Waals surface area contributed by atoms with Crippen LogP contribution in [0.4, 0.5) is 32.3 Å². The second-order valence-corrected chi connectivity index (χ2v) is 18.3. The van der Waals surface area contributed by atoms with Gasteiger partial charge in [0.05, 0.1) is 13.2 Å². The summed E-state index contributed by atoms with van der Waals surface area (Å²) < 4.78 is 11.7. The zero-order valence-electron chi connectivity index (χ0n) is 34.9. The van der Waals surface area contributed by atoms with Gasteiger partial charge in [-0.25, -0.2) is 9.59 Å². The Morgan fingerprint density at radius 3 is 1.02 bits per heavy atom. The second kappa shape index (κ2) is 17.0. The molecule has 0 aromatic heterocycles. The predicted molar refractivity (Wildman–Crippen MR) is 253 cm³/mol. The maximum Gasteiger partial charge on any atom is 0.332 e. The maximum absolute atomic E-state index is 14.1. The average Bonchev–Trinajstić information content (AvgIpc) is 4.06. The van der Waals surface area contributed by atoms with Gasteiger partial charge in [0.25, 0.3) is 0 Å². The summed E-state index contributed by atoms with van der Waals surface area (Å²) in [5.74, 6) is 0. The molecule has 0 radical (unpaired) electrons. The Kier molecular flexibility index (Phi) is 11.7. The molecule has 6 aromatic rings. The Labute approximate surface area is 391 Å². The number of nitrogens with zero attached hydrogens (tertiary/aromatic N) is 4. The number of hydrogen-bond acceptors (Lipinski definition) is 6. The Balaban J connectivity index is 0.000000162. The number of urea groups is 2. The van der Waals surface area contributed by atoms with Crippen LogP contribution in [0.25, 0.3) is 0 Å². The summed E-state index contributed by atoms with van der Waals surface area (Å²) in [5, 5.41) is 27.4. The number of aliphatic hydroxyl groups is 2. The quantitative estimate of drug-likeness (QED) is 0.172. The van der Waals surface area contributed by atoms with Crippen LogP contribution in [0, 0.1) is 13.8 Å². The summed E-state index contributed by atoms with van der Waals surface area (Å²) in [6.07, 6.45) is 0.936. The van der Waals surface area contributed by atoms with Crippen molar-refractivity contribution in [2.45, 2.75) is 49.2 Å². The molecule has 0 bridgehead atoms. The first kappa shape index (κ1) is 44.1. The number of hydrogen-bond donors (Lipinski definition) is 2. The number of ether oxygens (including phenoxy) is 2. The largest absolute Gasteiger partial charge is 0.379 e. The van der Waals surface area contributed by atoms with E-state index in [2.05, 4.69) is 0 Å². The highest BCUT2D eigenvalue weighted by atomic mass is 35.5. The Bertz CT molecular complexity index is 2510. The number of halogens is 4. The number of carbonyl (C=O) groups excluding carboxylic acids is 2. The van der Waals surface area contributed by atoms with Gasteiger partial charge < -0.3 is 19.7 Å². The van der Waals surface area contributed by atoms with Crippen LogP contribution in [0.5, 0.6) is 0 Å². The molecule has 0 unspecified atom stereocenters. The molecular formula is C50H44Cl4N4O6. The van der Waals surface area contributed by atoms with E-state index in [1.54, 1.807) is 107 Å². The van der Waals surface area contributed by atoms with Gasteiger partial charge in [0, 0.05) is 80.0 Å². The molecule has 2 spiro atoms. The fourth-order valence-electron chi connectivity index (χ4n) is 9.77. The molecular weight excluding hydrogens is 894 g/mol. The molecule has 4 saturated heterocycles. The first-order valence-corrected chi connectivity index (χ1v) is 22.3. The minimum absolute atomic E-state index is 0.190. The Hall–Kier alpha value is -5.14. The van der Waals surface area contributed by atoms with Crippen molar-refractivity contribution < 1.29 is 29.3 Å². The lowest BCUT2D eigenvalue weighted by molar-refractivity contribution is -0.0215. The third-order valence-corrected chi connectivity index (χ3v) is 13.8. The van der Waals surface area contributed by atoms with Crippen LogP contribution >= 0.6 is 46.4 Å². The molecule has 10 rings (SSSR count). The van der Waals surface area contributed by atoms with E-state index >= 15 is 0 Å². The first-order chi connectivity index (χ1) is 30.7. The van der Waals surface area contributed by atoms with Gasteiger partial charge in [-0.05, 0) is 111 Å². The highest BCUT2D eigenvalue weighted by molar-refractivity contribution is 6.31. The Morgan fingerprint density at radius 2 is 0.750 bits per heavy atom. The maximum atomic E-state index is 14.1. The number of amides is 4. The van der Waals surface area contributed by atoms with E-state index in [1.807, 2.05) is 62.4 Å². The minimum Gasteiger partial charge on any atom is -0.379 e. The van der Waals surface area contributed by atoms with Crippen LogP contribution in [0.1, 0.15) is 35.1 Å². The van der Waals surface area contributed by atoms with Gasteiger partial charge in [0.2, 0.25) is 0 Å². The normalized spacial score (nSPS) is 25.2. The fraction of sp³-hybridized carbons (Fsp3) is 0.240. The zero-order chi connectivity index (χ0) is 45.0. The van der Waals surface area contributed by atoms with Crippen molar-refractivity contribution in [3.8, 4) is 0 Å². The predicted octanol–water partition coefficient (Wildman–Crippen LogP) is 11.5. The third kappa shape index (κ3) is 7.03. The smallest absolute Gasteiger partial charge is 0.332 e. The number of anilines is 4. The van der Waals surface area contributed by atoms with Crippen LogP contribution < -0.4 is 19.6 Å². The van der Waals surface area contributed by atoms with Crippen molar-refractivity contribution in [3.63, 3.8) is 0 Å². The van der Waals surface area contributed by atoms with Gasteiger partial charge in [-0.3, -0.25) is 19.6 Å². The molecule has 4 atom stereocenters. The summed E-state index contributed by atoms with van der Waals surface area (Å²) in [5.41, 5.74) is 0.177. The fourth-order valence-corrected chi connectivity index (χ4v) is 10.3. The number of aryl methyl sites for hydroxylation is 2. The summed E-state index contributed by atoms with van der Waals surface area (Å²) >= 11 is 24.5. The van der Waals surface area contributed by atoms with Crippen LogP contribution in [-0.2, 0) is 20.9 Å². The van der Waals surface area contributed by atoms with E-state index < -0.39 is 22.5 Å². The van der Waals surface area contributed by atoms with Crippen LogP contribution in [0.2, 0.25) is 20.1 Å². The number of rotatable bonds is 6. The van der Waals surface area contributed by atoms with Gasteiger partial charge >= 0.3 is 12.1 Å². The first-order valence-electron chi connectivity index (χ1n) is 20.8. The van der Waals surface area contributed by atoms with Gasteiger partial charge in [0.1, 0.15) is 11.1 Å². The van der Waals surface area contributed by atoms with E-state index in [0.717, 1.165) is 11.1 Å². The lowest BCUT2D eigenvalue weighted by Crippen LogP contribution is -2.60. The zero-order valence-corrected chi connectivity index (χ0v) is 38.0. The molecule has 0 aliphatic carbocycles. The SMILES string of the molecule is Cc1cccc([C@@]2(O)N(c3ccc(Cl)cc3)C(=O)N(c3ccc(Cl)cc3)[C@@]23CCOC3)c1.Cc1cccc([C@]2(O)N(c3ccc(Cl)cc3)C(=O)N(c3ccc(Cl)cc3)[C@@]23CCOC3)c1. The van der Waals surface area contributed by atoms with E-state index in [1.165, 1.54) is 9.80 Å². The Morgan fingerprint density at radius 1 is 0.453 bits per heavy atom. The van der Waals surface area contributed by atoms with Gasteiger partial charge in [-0.2, -0.15) is 0 Å². The van der Waals surface area contributed by atoms with Crippen molar-refractivity contribution in [2.24, 2.45) is 0 Å². The monoisotopic (exact) mass is 936 g/mol. The highest BCUT2D eigenvalue weighted by Gasteiger charge is 2.71. The van der Waals surface area contributed by atoms with Crippen LogP contribution in [0.15, 0.2) is 146 Å². The van der Waals surface area contributed by atoms with Crippen LogP contribution in [-0.4, -0.2) is 59.8 Å². The molecule has 10 nitrogen and oxygen atoms in total. The van der Waals surface area contributed by atoms with E-state index in [0.29, 0.717) is 80.0 Å². The molecule has 6 aromatic carbocycles. The molecule has 4 fully saturated rings. The molecule has 4 amide bonds. The molecule has 4 aliphatic rings. The third-order valence-electron chi connectivity index (χ3n) is 12.7. The van der Waals surface area contributed by atoms with E-state index in [4.69, 9.17) is 55.9 Å². The van der Waals surface area contributed by atoms with Crippen molar-refractivity contribution in [2.75, 3.05) is 46.0 Å². The van der Waals surface area contributed by atoms with E-state index in [9.17, 15) is 19.8 Å². The second-order valence-electron chi connectivity index (χ2n) is 16.6. The topological polar surface area (TPSA) is 106 Å². The van der Waals surface area contributed by atoms with Crippen molar-refractivity contribution in [1.29, 1.82) is 0 Å². The van der Waals surface area contributed by atoms with Crippen molar-refractivity contribution in [1.82, 2.24) is 0 Å². The minimum atomic E-state index is -1.68. The van der Waals surface area contributed by atoms with E-state index in [-0.39, 0.29) is 25.3 Å². The molecule has 14 heteroatoms. The summed E-state index contributed by atoms with van der Waals surface area (Å²) in [6, 6.07) is 42.5. The molecule has 4 aliphatic heterocycles.